The Bertz CT molecular complexity index is 594. The van der Waals surface area contributed by atoms with E-state index in [1.165, 1.54) is 38.9 Å². The quantitative estimate of drug-likeness (QED) is 0.268. The smallest absolute Gasteiger partial charge is 0.289 e. The van der Waals surface area contributed by atoms with Crippen LogP contribution in [0.4, 0.5) is 0 Å². The second-order valence-corrected chi connectivity index (χ2v) is 7.25. The van der Waals surface area contributed by atoms with E-state index < -0.39 is 0 Å². The van der Waals surface area contributed by atoms with Crippen molar-refractivity contribution in [3.8, 4) is 0 Å². The van der Waals surface area contributed by atoms with Crippen LogP contribution in [0.3, 0.4) is 0 Å². The number of unbranched alkanes of at least 4 members (excludes halogenated alkanes) is 1. The van der Waals surface area contributed by atoms with Crippen LogP contribution in [0.5, 0.6) is 0 Å². The third-order valence-corrected chi connectivity index (χ3v) is 5.28. The summed E-state index contributed by atoms with van der Waals surface area (Å²) >= 11 is 0. The van der Waals surface area contributed by atoms with E-state index in [0.717, 1.165) is 38.6 Å². The topological polar surface area (TPSA) is 64.3 Å². The molecule has 0 aromatic carbocycles. The maximum Gasteiger partial charge on any atom is 0.289 e. The second kappa shape index (κ2) is 12.3. The molecule has 0 atom stereocenters. The summed E-state index contributed by atoms with van der Waals surface area (Å²) in [6.07, 6.45) is 6.61. The number of piperazine rings is 1. The molecule has 1 N–H and O–H groups in total. The zero-order valence-corrected chi connectivity index (χ0v) is 19.3. The molecule has 0 unspecified atom stereocenters. The van der Waals surface area contributed by atoms with Crippen molar-refractivity contribution >= 4 is 35.8 Å². The van der Waals surface area contributed by atoms with E-state index in [9.17, 15) is 4.79 Å². The molecule has 158 valence electrons. The molecule has 0 aliphatic carbocycles. The number of aliphatic imine (C=N–C) groups is 1. The predicted octanol–water partition coefficient (Wildman–Crippen LogP) is 2.50. The van der Waals surface area contributed by atoms with Gasteiger partial charge in [0, 0.05) is 39.3 Å². The van der Waals surface area contributed by atoms with Crippen molar-refractivity contribution in [1.82, 2.24) is 20.0 Å². The molecule has 0 saturated carbocycles. The molecule has 2 saturated heterocycles. The van der Waals surface area contributed by atoms with Crippen LogP contribution in [0.1, 0.15) is 43.2 Å². The number of hydrogen-bond acceptors (Lipinski definition) is 4. The number of furan rings is 1. The molecular weight excluding hydrogens is 469 g/mol. The molecule has 2 fully saturated rings. The van der Waals surface area contributed by atoms with Gasteiger partial charge in [0.05, 0.1) is 6.26 Å². The number of halogens is 1. The van der Waals surface area contributed by atoms with Gasteiger partial charge in [-0.05, 0) is 64.4 Å². The Morgan fingerprint density at radius 2 is 1.82 bits per heavy atom. The van der Waals surface area contributed by atoms with Crippen LogP contribution in [-0.2, 0) is 0 Å². The number of carbonyl (C=O) groups is 1. The van der Waals surface area contributed by atoms with Crippen molar-refractivity contribution in [3.05, 3.63) is 24.2 Å². The first-order valence-electron chi connectivity index (χ1n) is 10.4. The SMILES string of the molecule is CCNC(=NCCCCN1CCCC1)N1CCN(C(=O)c2ccco2)CC1.I. The lowest BCUT2D eigenvalue weighted by molar-refractivity contribution is 0.0657. The van der Waals surface area contributed by atoms with E-state index in [1.807, 2.05) is 4.90 Å². The van der Waals surface area contributed by atoms with Crippen LogP contribution in [0.25, 0.3) is 0 Å². The summed E-state index contributed by atoms with van der Waals surface area (Å²) in [7, 11) is 0. The Labute approximate surface area is 185 Å². The van der Waals surface area contributed by atoms with Crippen molar-refractivity contribution in [3.63, 3.8) is 0 Å². The van der Waals surface area contributed by atoms with E-state index in [0.29, 0.717) is 18.8 Å². The van der Waals surface area contributed by atoms with Gasteiger partial charge in [0.15, 0.2) is 11.7 Å². The Balaban J connectivity index is 0.00000280. The summed E-state index contributed by atoms with van der Waals surface area (Å²) in [5.41, 5.74) is 0. The largest absolute Gasteiger partial charge is 0.459 e. The first kappa shape index (κ1) is 23.0. The lowest BCUT2D eigenvalue weighted by atomic mass is 10.3. The molecule has 1 aromatic heterocycles. The maximum absolute atomic E-state index is 12.4. The zero-order valence-electron chi connectivity index (χ0n) is 16.9. The number of likely N-dealkylation sites (tertiary alicyclic amines) is 1. The normalized spacial score (nSPS) is 18.2. The van der Waals surface area contributed by atoms with E-state index in [2.05, 4.69) is 22.0 Å². The van der Waals surface area contributed by atoms with E-state index in [4.69, 9.17) is 9.41 Å². The molecule has 2 aliphatic heterocycles. The molecule has 8 heteroatoms. The van der Waals surface area contributed by atoms with Crippen LogP contribution in [0.2, 0.25) is 0 Å². The Kier molecular flexibility index (Phi) is 10.1. The van der Waals surface area contributed by atoms with Crippen molar-refractivity contribution in [2.75, 3.05) is 58.9 Å². The maximum atomic E-state index is 12.4. The summed E-state index contributed by atoms with van der Waals surface area (Å²) in [6, 6.07) is 3.48. The van der Waals surface area contributed by atoms with E-state index in [1.54, 1.807) is 18.4 Å². The molecule has 1 aromatic rings. The van der Waals surface area contributed by atoms with Crippen LogP contribution in [-0.4, -0.2) is 85.5 Å². The molecule has 2 aliphatic rings. The van der Waals surface area contributed by atoms with Gasteiger partial charge in [0.1, 0.15) is 0 Å². The molecule has 7 nitrogen and oxygen atoms in total. The van der Waals surface area contributed by atoms with Crippen molar-refractivity contribution < 1.29 is 9.21 Å². The molecular formula is C20H34IN5O2. The van der Waals surface area contributed by atoms with Gasteiger partial charge in [-0.25, -0.2) is 0 Å². The van der Waals surface area contributed by atoms with Gasteiger partial charge >= 0.3 is 0 Å². The van der Waals surface area contributed by atoms with Gasteiger partial charge in [-0.1, -0.05) is 0 Å². The Morgan fingerprint density at radius 3 is 2.46 bits per heavy atom. The number of carbonyl (C=O) groups excluding carboxylic acids is 1. The number of nitrogens with zero attached hydrogens (tertiary/aromatic N) is 4. The fourth-order valence-corrected chi connectivity index (χ4v) is 3.74. The number of guanidine groups is 1. The summed E-state index contributed by atoms with van der Waals surface area (Å²) < 4.78 is 5.23. The van der Waals surface area contributed by atoms with Gasteiger partial charge in [-0.15, -0.1) is 24.0 Å². The highest BCUT2D eigenvalue weighted by Crippen LogP contribution is 2.10. The molecule has 1 amide bonds. The molecule has 0 bridgehead atoms. The van der Waals surface area contributed by atoms with Gasteiger partial charge in [0.25, 0.3) is 5.91 Å². The lowest BCUT2D eigenvalue weighted by Crippen LogP contribution is -2.53. The fraction of sp³-hybridized carbons (Fsp3) is 0.700. The third-order valence-electron chi connectivity index (χ3n) is 5.28. The van der Waals surface area contributed by atoms with Gasteiger partial charge in [-0.3, -0.25) is 9.79 Å². The number of nitrogens with one attached hydrogen (secondary N) is 1. The second-order valence-electron chi connectivity index (χ2n) is 7.25. The van der Waals surface area contributed by atoms with Crippen molar-refractivity contribution in [2.45, 2.75) is 32.6 Å². The van der Waals surface area contributed by atoms with Gasteiger partial charge in [-0.2, -0.15) is 0 Å². The minimum absolute atomic E-state index is 0. The van der Waals surface area contributed by atoms with E-state index >= 15 is 0 Å². The van der Waals surface area contributed by atoms with E-state index in [-0.39, 0.29) is 29.9 Å². The van der Waals surface area contributed by atoms with Crippen LogP contribution in [0, 0.1) is 0 Å². The molecule has 3 heterocycles. The first-order chi connectivity index (χ1) is 13.3. The average Bonchev–Trinajstić information content (AvgIpc) is 3.40. The van der Waals surface area contributed by atoms with Crippen LogP contribution < -0.4 is 5.32 Å². The van der Waals surface area contributed by atoms with Crippen molar-refractivity contribution in [1.29, 1.82) is 0 Å². The summed E-state index contributed by atoms with van der Waals surface area (Å²) in [6.45, 7) is 10.6. The van der Waals surface area contributed by atoms with Gasteiger partial charge in [0.2, 0.25) is 0 Å². The minimum Gasteiger partial charge on any atom is -0.459 e. The average molecular weight is 503 g/mol. The zero-order chi connectivity index (χ0) is 18.9. The predicted molar refractivity (Wildman–Crippen MR) is 122 cm³/mol. The van der Waals surface area contributed by atoms with Crippen LogP contribution in [0.15, 0.2) is 27.8 Å². The molecule has 3 rings (SSSR count). The number of amides is 1. The number of rotatable bonds is 7. The van der Waals surface area contributed by atoms with Crippen LogP contribution >= 0.6 is 24.0 Å². The monoisotopic (exact) mass is 503 g/mol. The van der Waals surface area contributed by atoms with Crippen molar-refractivity contribution in [2.24, 2.45) is 4.99 Å². The number of hydrogen-bond donors (Lipinski definition) is 1. The highest BCUT2D eigenvalue weighted by molar-refractivity contribution is 14.0. The Morgan fingerprint density at radius 1 is 1.11 bits per heavy atom. The van der Waals surface area contributed by atoms with Gasteiger partial charge < -0.3 is 24.4 Å². The summed E-state index contributed by atoms with van der Waals surface area (Å²) in [5, 5.41) is 3.40. The highest BCUT2D eigenvalue weighted by Gasteiger charge is 2.25. The lowest BCUT2D eigenvalue weighted by Gasteiger charge is -2.36. The minimum atomic E-state index is -0.0245. The fourth-order valence-electron chi connectivity index (χ4n) is 3.74. The summed E-state index contributed by atoms with van der Waals surface area (Å²) in [5.74, 6) is 1.37. The third kappa shape index (κ3) is 6.65. The first-order valence-corrected chi connectivity index (χ1v) is 10.4. The standard InChI is InChI=1S/C20H33N5O2.HI/c1-2-21-20(22-9-3-4-10-23-11-5-6-12-23)25-15-13-24(14-16-25)19(26)18-8-7-17-27-18;/h7-8,17H,2-6,9-16H2,1H3,(H,21,22);1H. The molecule has 0 spiro atoms. The Hall–Kier alpha value is -1.29. The molecule has 28 heavy (non-hydrogen) atoms. The summed E-state index contributed by atoms with van der Waals surface area (Å²) in [4.78, 5) is 23.9. The highest BCUT2D eigenvalue weighted by atomic mass is 127. The molecule has 0 radical (unpaired) electrons.